The van der Waals surface area contributed by atoms with E-state index in [9.17, 15) is 4.79 Å². The summed E-state index contributed by atoms with van der Waals surface area (Å²) in [5, 5.41) is 9.68. The van der Waals surface area contributed by atoms with Gasteiger partial charge in [0.05, 0.1) is 12.0 Å². The third-order valence-corrected chi connectivity index (χ3v) is 4.88. The van der Waals surface area contributed by atoms with Gasteiger partial charge < -0.3 is 10.0 Å². The first-order valence-corrected chi connectivity index (χ1v) is 7.92. The molecule has 1 heterocycles. The number of amides is 1. The van der Waals surface area contributed by atoms with Crippen molar-refractivity contribution in [3.8, 4) is 0 Å². The first kappa shape index (κ1) is 14.8. The van der Waals surface area contributed by atoms with E-state index in [-0.39, 0.29) is 17.9 Å². The number of aliphatic hydroxyl groups excluding tert-OH is 1. The van der Waals surface area contributed by atoms with Crippen LogP contribution >= 0.6 is 11.6 Å². The maximum absolute atomic E-state index is 12.9. The normalized spacial score (nSPS) is 21.3. The average Bonchev–Trinajstić information content (AvgIpc) is 3.30. The molecule has 1 saturated carbocycles. The largest absolute Gasteiger partial charge is 0.395 e. The summed E-state index contributed by atoms with van der Waals surface area (Å²) in [6, 6.07) is 7.69. The van der Waals surface area contributed by atoms with Gasteiger partial charge in [-0.25, -0.2) is 0 Å². The summed E-state index contributed by atoms with van der Waals surface area (Å²) in [6.07, 6.45) is 1.87. The Labute approximate surface area is 130 Å². The van der Waals surface area contributed by atoms with Crippen LogP contribution in [0.15, 0.2) is 24.3 Å². The van der Waals surface area contributed by atoms with Crippen molar-refractivity contribution in [3.05, 3.63) is 34.9 Å². The topological polar surface area (TPSA) is 43.8 Å². The lowest BCUT2D eigenvalue weighted by Crippen LogP contribution is -2.52. The lowest BCUT2D eigenvalue weighted by molar-refractivity contribution is -0.135. The zero-order valence-electron chi connectivity index (χ0n) is 12.1. The number of carbonyl (C=O) groups excluding carboxylic acids is 1. The van der Waals surface area contributed by atoms with Crippen molar-refractivity contribution >= 4 is 17.5 Å². The molecule has 0 radical (unpaired) electrons. The van der Waals surface area contributed by atoms with Crippen molar-refractivity contribution in [2.75, 3.05) is 39.3 Å². The van der Waals surface area contributed by atoms with E-state index >= 15 is 0 Å². The van der Waals surface area contributed by atoms with Gasteiger partial charge in [-0.2, -0.15) is 0 Å². The minimum absolute atomic E-state index is 0.183. The number of halogens is 1. The van der Waals surface area contributed by atoms with Crippen LogP contribution in [0.4, 0.5) is 0 Å². The number of hydrogen-bond donors (Lipinski definition) is 1. The first-order chi connectivity index (χ1) is 10.2. The second-order valence-corrected chi connectivity index (χ2v) is 6.38. The number of rotatable bonds is 4. The Morgan fingerprint density at radius 1 is 1.14 bits per heavy atom. The molecule has 1 aliphatic heterocycles. The molecule has 1 N–H and O–H groups in total. The second kappa shape index (κ2) is 5.95. The van der Waals surface area contributed by atoms with Crippen LogP contribution in [0.2, 0.25) is 5.02 Å². The summed E-state index contributed by atoms with van der Waals surface area (Å²) in [5.41, 5.74) is 0.790. The van der Waals surface area contributed by atoms with Crippen LogP contribution < -0.4 is 0 Å². The molecule has 0 unspecified atom stereocenters. The third-order valence-electron chi connectivity index (χ3n) is 4.63. The molecule has 3 rings (SSSR count). The van der Waals surface area contributed by atoms with Crippen LogP contribution in [0.3, 0.4) is 0 Å². The summed E-state index contributed by atoms with van der Waals surface area (Å²) in [5.74, 6) is 0.258. The van der Waals surface area contributed by atoms with Gasteiger partial charge in [0.2, 0.25) is 5.91 Å². The highest BCUT2D eigenvalue weighted by Gasteiger charge is 2.53. The molecule has 1 aromatic rings. The molecule has 114 valence electrons. The Balaban J connectivity index is 1.67. The van der Waals surface area contributed by atoms with E-state index in [1.54, 1.807) is 0 Å². The van der Waals surface area contributed by atoms with Crippen LogP contribution in [-0.4, -0.2) is 60.1 Å². The molecule has 0 spiro atoms. The SMILES string of the molecule is O=C(N1CCN(CCO)CC1)C1(c2ccc(Cl)cc2)CC1. The van der Waals surface area contributed by atoms with E-state index in [0.29, 0.717) is 11.6 Å². The fourth-order valence-corrected chi connectivity index (χ4v) is 3.26. The summed E-state index contributed by atoms with van der Waals surface area (Å²) in [4.78, 5) is 17.0. The minimum Gasteiger partial charge on any atom is -0.395 e. The number of piperazine rings is 1. The van der Waals surface area contributed by atoms with E-state index in [2.05, 4.69) is 4.90 Å². The van der Waals surface area contributed by atoms with Crippen LogP contribution in [0.5, 0.6) is 0 Å². The van der Waals surface area contributed by atoms with Crippen molar-refractivity contribution < 1.29 is 9.90 Å². The maximum atomic E-state index is 12.9. The molecule has 0 aromatic heterocycles. The molecule has 1 aliphatic carbocycles. The molecular formula is C16H21ClN2O2. The van der Waals surface area contributed by atoms with E-state index in [4.69, 9.17) is 16.7 Å². The van der Waals surface area contributed by atoms with Crippen molar-refractivity contribution in [2.24, 2.45) is 0 Å². The number of benzene rings is 1. The summed E-state index contributed by atoms with van der Waals surface area (Å²) in [6.45, 7) is 4.10. The van der Waals surface area contributed by atoms with E-state index in [1.165, 1.54) is 0 Å². The van der Waals surface area contributed by atoms with Crippen LogP contribution in [-0.2, 0) is 10.2 Å². The van der Waals surface area contributed by atoms with Gasteiger partial charge in [0, 0.05) is 37.7 Å². The van der Waals surface area contributed by atoms with E-state index in [0.717, 1.165) is 44.6 Å². The Bertz CT molecular complexity index is 506. The molecule has 1 saturated heterocycles. The lowest BCUT2D eigenvalue weighted by Gasteiger charge is -2.36. The molecule has 0 bridgehead atoms. The molecule has 1 amide bonds. The summed E-state index contributed by atoms with van der Waals surface area (Å²) >= 11 is 5.93. The fourth-order valence-electron chi connectivity index (χ4n) is 3.14. The first-order valence-electron chi connectivity index (χ1n) is 7.54. The van der Waals surface area contributed by atoms with E-state index in [1.807, 2.05) is 29.2 Å². The van der Waals surface area contributed by atoms with Crippen LogP contribution in [0.25, 0.3) is 0 Å². The van der Waals surface area contributed by atoms with Gasteiger partial charge in [-0.3, -0.25) is 9.69 Å². The highest BCUT2D eigenvalue weighted by atomic mass is 35.5. The zero-order valence-corrected chi connectivity index (χ0v) is 12.9. The van der Waals surface area contributed by atoms with Crippen LogP contribution in [0.1, 0.15) is 18.4 Å². The fraction of sp³-hybridized carbons (Fsp3) is 0.562. The molecule has 0 atom stereocenters. The number of carbonyl (C=O) groups is 1. The molecule has 1 aromatic carbocycles. The van der Waals surface area contributed by atoms with Gasteiger partial charge in [0.15, 0.2) is 0 Å². The number of hydrogen-bond acceptors (Lipinski definition) is 3. The van der Waals surface area contributed by atoms with E-state index < -0.39 is 0 Å². The smallest absolute Gasteiger partial charge is 0.233 e. The van der Waals surface area contributed by atoms with Gasteiger partial charge in [0.25, 0.3) is 0 Å². The Hall–Kier alpha value is -1.10. The van der Waals surface area contributed by atoms with Gasteiger partial charge in [-0.05, 0) is 30.5 Å². The lowest BCUT2D eigenvalue weighted by atomic mass is 9.94. The van der Waals surface area contributed by atoms with Gasteiger partial charge >= 0.3 is 0 Å². The number of aliphatic hydroxyl groups is 1. The highest BCUT2D eigenvalue weighted by molar-refractivity contribution is 6.30. The maximum Gasteiger partial charge on any atom is 0.233 e. The zero-order chi connectivity index (χ0) is 14.9. The summed E-state index contributed by atoms with van der Waals surface area (Å²) in [7, 11) is 0. The van der Waals surface area contributed by atoms with Gasteiger partial charge in [-0.1, -0.05) is 23.7 Å². The summed E-state index contributed by atoms with van der Waals surface area (Å²) < 4.78 is 0. The number of β-amino-alcohol motifs (C(OH)–C–C–N with tert-alkyl or cyclic N) is 1. The minimum atomic E-state index is -0.302. The Kier molecular flexibility index (Phi) is 4.20. The van der Waals surface area contributed by atoms with Crippen molar-refractivity contribution in [3.63, 3.8) is 0 Å². The molecule has 5 heteroatoms. The van der Waals surface area contributed by atoms with Crippen molar-refractivity contribution in [2.45, 2.75) is 18.3 Å². The van der Waals surface area contributed by atoms with Gasteiger partial charge in [-0.15, -0.1) is 0 Å². The quantitative estimate of drug-likeness (QED) is 0.917. The predicted molar refractivity (Wildman–Crippen MR) is 82.5 cm³/mol. The monoisotopic (exact) mass is 308 g/mol. The highest BCUT2D eigenvalue weighted by Crippen LogP contribution is 2.49. The molecular weight excluding hydrogens is 288 g/mol. The standard InChI is InChI=1S/C16H21ClN2O2/c17-14-3-1-13(2-4-14)16(5-6-16)15(21)19-9-7-18(8-10-19)11-12-20/h1-4,20H,5-12H2. The molecule has 2 fully saturated rings. The van der Waals surface area contributed by atoms with Crippen LogP contribution in [0, 0.1) is 0 Å². The Morgan fingerprint density at radius 2 is 1.76 bits per heavy atom. The molecule has 2 aliphatic rings. The third kappa shape index (κ3) is 2.93. The Morgan fingerprint density at radius 3 is 2.29 bits per heavy atom. The van der Waals surface area contributed by atoms with Gasteiger partial charge in [0.1, 0.15) is 0 Å². The number of nitrogens with zero attached hydrogens (tertiary/aromatic N) is 2. The molecule has 4 nitrogen and oxygen atoms in total. The second-order valence-electron chi connectivity index (χ2n) is 5.95. The predicted octanol–water partition coefficient (Wildman–Crippen LogP) is 1.51. The average molecular weight is 309 g/mol. The van der Waals surface area contributed by atoms with Crippen molar-refractivity contribution in [1.29, 1.82) is 0 Å². The van der Waals surface area contributed by atoms with Crippen molar-refractivity contribution in [1.82, 2.24) is 9.80 Å². The molecule has 21 heavy (non-hydrogen) atoms.